The second kappa shape index (κ2) is 4.47. The van der Waals surface area contributed by atoms with Crippen LogP contribution in [0.15, 0.2) is 17.0 Å². The van der Waals surface area contributed by atoms with E-state index in [-0.39, 0.29) is 17.5 Å². The number of nitrogen functional groups attached to an aromatic ring is 1. The van der Waals surface area contributed by atoms with Gasteiger partial charge in [-0.05, 0) is 18.6 Å². The number of hydrogen-bond acceptors (Lipinski definition) is 3. The molecule has 0 saturated carbocycles. The molecular weight excluding hydrogens is 236 g/mol. The third kappa shape index (κ3) is 2.08. The van der Waals surface area contributed by atoms with Crippen molar-refractivity contribution in [1.29, 1.82) is 0 Å². The van der Waals surface area contributed by atoms with Gasteiger partial charge < -0.3 is 10.5 Å². The molecule has 16 heavy (non-hydrogen) atoms. The molecule has 0 spiro atoms. The van der Waals surface area contributed by atoms with Crippen LogP contribution in [-0.2, 0) is 15.5 Å². The van der Waals surface area contributed by atoms with Gasteiger partial charge >= 0.3 is 0 Å². The maximum absolute atomic E-state index is 13.5. The number of ether oxygens (including phenoxy) is 1. The van der Waals surface area contributed by atoms with Gasteiger partial charge in [-0.2, -0.15) is 0 Å². The maximum atomic E-state index is 13.5. The molecule has 1 fully saturated rings. The molecule has 2 unspecified atom stereocenters. The number of anilines is 1. The van der Waals surface area contributed by atoms with Crippen molar-refractivity contribution in [3.63, 3.8) is 0 Å². The van der Waals surface area contributed by atoms with Gasteiger partial charge in [0.25, 0.3) is 0 Å². The predicted molar refractivity (Wildman–Crippen MR) is 56.4 cm³/mol. The van der Waals surface area contributed by atoms with Crippen molar-refractivity contribution >= 4 is 16.5 Å². The fourth-order valence-electron chi connectivity index (χ4n) is 1.62. The van der Waals surface area contributed by atoms with E-state index in [0.717, 1.165) is 12.1 Å². The Hall–Kier alpha value is -1.01. The van der Waals surface area contributed by atoms with Crippen LogP contribution in [0.4, 0.5) is 14.5 Å². The summed E-state index contributed by atoms with van der Waals surface area (Å²) >= 11 is 0. The molecule has 1 saturated heterocycles. The highest BCUT2D eigenvalue weighted by molar-refractivity contribution is 7.85. The Balaban J connectivity index is 2.35. The predicted octanol–water partition coefficient (Wildman–Crippen LogP) is 1.44. The molecule has 2 atom stereocenters. The summed E-state index contributed by atoms with van der Waals surface area (Å²) in [5, 5.41) is -0.340. The van der Waals surface area contributed by atoms with E-state index in [4.69, 9.17) is 10.5 Å². The van der Waals surface area contributed by atoms with Crippen molar-refractivity contribution in [2.24, 2.45) is 0 Å². The standard InChI is InChI=1S/C10H11F2NO2S/c11-8-3-6(13)4-9(12)10(8)16(14)7-1-2-15-5-7/h3-4,7H,1-2,5,13H2. The summed E-state index contributed by atoms with van der Waals surface area (Å²) in [6.07, 6.45) is 0.551. The molecule has 1 aromatic rings. The van der Waals surface area contributed by atoms with Crippen molar-refractivity contribution in [3.05, 3.63) is 23.8 Å². The molecule has 2 N–H and O–H groups in total. The molecule has 88 valence electrons. The van der Waals surface area contributed by atoms with Gasteiger partial charge in [0, 0.05) is 12.3 Å². The first-order chi connectivity index (χ1) is 7.59. The van der Waals surface area contributed by atoms with Gasteiger partial charge in [-0.1, -0.05) is 0 Å². The smallest absolute Gasteiger partial charge is 0.144 e. The van der Waals surface area contributed by atoms with E-state index in [1.165, 1.54) is 0 Å². The Kier molecular flexibility index (Phi) is 3.20. The van der Waals surface area contributed by atoms with Crippen LogP contribution in [0.3, 0.4) is 0 Å². The molecule has 1 aliphatic rings. The first-order valence-corrected chi connectivity index (χ1v) is 6.03. The molecule has 3 nitrogen and oxygen atoms in total. The van der Waals surface area contributed by atoms with Crippen molar-refractivity contribution < 1.29 is 17.7 Å². The molecule has 0 radical (unpaired) electrons. The SMILES string of the molecule is Nc1cc(F)c(S(=O)C2CCOC2)c(F)c1. The molecule has 0 amide bonds. The van der Waals surface area contributed by atoms with Crippen molar-refractivity contribution in [2.45, 2.75) is 16.6 Å². The Bertz CT molecular complexity index is 410. The summed E-state index contributed by atoms with van der Waals surface area (Å²) in [7, 11) is -1.72. The van der Waals surface area contributed by atoms with Crippen molar-refractivity contribution in [1.82, 2.24) is 0 Å². The van der Waals surface area contributed by atoms with Crippen LogP contribution in [0.5, 0.6) is 0 Å². The fourth-order valence-corrected chi connectivity index (χ4v) is 2.99. The molecule has 1 aromatic carbocycles. The maximum Gasteiger partial charge on any atom is 0.144 e. The molecule has 0 aliphatic carbocycles. The van der Waals surface area contributed by atoms with Crippen LogP contribution in [0.25, 0.3) is 0 Å². The Morgan fingerprint density at radius 1 is 1.38 bits per heavy atom. The fraction of sp³-hybridized carbons (Fsp3) is 0.400. The van der Waals surface area contributed by atoms with Gasteiger partial charge in [0.05, 0.1) is 22.7 Å². The zero-order valence-corrected chi connectivity index (χ0v) is 9.23. The zero-order chi connectivity index (χ0) is 11.7. The average molecular weight is 247 g/mol. The summed E-state index contributed by atoms with van der Waals surface area (Å²) in [6, 6.07) is 1.96. The average Bonchev–Trinajstić information content (AvgIpc) is 2.67. The summed E-state index contributed by atoms with van der Waals surface area (Å²) in [4.78, 5) is -0.398. The van der Waals surface area contributed by atoms with Crippen LogP contribution in [0, 0.1) is 11.6 Å². The van der Waals surface area contributed by atoms with Gasteiger partial charge in [-0.25, -0.2) is 8.78 Å². The topological polar surface area (TPSA) is 52.3 Å². The zero-order valence-electron chi connectivity index (χ0n) is 8.41. The Morgan fingerprint density at radius 2 is 2.00 bits per heavy atom. The first-order valence-electron chi connectivity index (χ1n) is 4.82. The number of halogens is 2. The van der Waals surface area contributed by atoms with Gasteiger partial charge in [0.15, 0.2) is 0 Å². The minimum atomic E-state index is -1.72. The van der Waals surface area contributed by atoms with E-state index in [2.05, 4.69) is 0 Å². The molecule has 1 aliphatic heterocycles. The molecule has 0 aromatic heterocycles. The minimum Gasteiger partial charge on any atom is -0.399 e. The van der Waals surface area contributed by atoms with Crippen LogP contribution in [0.2, 0.25) is 0 Å². The largest absolute Gasteiger partial charge is 0.399 e. The summed E-state index contributed by atoms with van der Waals surface area (Å²) < 4.78 is 43.9. The van der Waals surface area contributed by atoms with Crippen LogP contribution < -0.4 is 5.73 Å². The molecule has 1 heterocycles. The molecular formula is C10H11F2NO2S. The van der Waals surface area contributed by atoms with E-state index in [9.17, 15) is 13.0 Å². The minimum absolute atomic E-state index is 0.0154. The highest BCUT2D eigenvalue weighted by atomic mass is 32.2. The Morgan fingerprint density at radius 3 is 2.50 bits per heavy atom. The van der Waals surface area contributed by atoms with Crippen LogP contribution >= 0.6 is 0 Å². The summed E-state index contributed by atoms with van der Waals surface area (Å²) in [5.74, 6) is -1.72. The summed E-state index contributed by atoms with van der Waals surface area (Å²) in [6.45, 7) is 0.754. The van der Waals surface area contributed by atoms with E-state index in [1.54, 1.807) is 0 Å². The lowest BCUT2D eigenvalue weighted by molar-refractivity contribution is 0.198. The molecule has 0 bridgehead atoms. The van der Waals surface area contributed by atoms with Gasteiger partial charge in [-0.3, -0.25) is 4.21 Å². The van der Waals surface area contributed by atoms with Crippen LogP contribution in [0.1, 0.15) is 6.42 Å². The third-order valence-electron chi connectivity index (χ3n) is 2.41. The Labute approximate surface area is 94.0 Å². The third-order valence-corrected chi connectivity index (χ3v) is 4.18. The number of benzene rings is 1. The summed E-state index contributed by atoms with van der Waals surface area (Å²) in [5.41, 5.74) is 5.26. The number of rotatable bonds is 2. The lowest BCUT2D eigenvalue weighted by Gasteiger charge is -2.10. The number of nitrogens with two attached hydrogens (primary N) is 1. The second-order valence-electron chi connectivity index (χ2n) is 3.60. The van der Waals surface area contributed by atoms with Crippen molar-refractivity contribution in [2.75, 3.05) is 18.9 Å². The van der Waals surface area contributed by atoms with E-state index < -0.39 is 27.3 Å². The molecule has 2 rings (SSSR count). The van der Waals surface area contributed by atoms with Crippen LogP contribution in [-0.4, -0.2) is 22.7 Å². The van der Waals surface area contributed by atoms with E-state index in [0.29, 0.717) is 13.0 Å². The van der Waals surface area contributed by atoms with Gasteiger partial charge in [-0.15, -0.1) is 0 Å². The van der Waals surface area contributed by atoms with Crippen molar-refractivity contribution in [3.8, 4) is 0 Å². The normalized spacial score (nSPS) is 22.2. The lowest BCUT2D eigenvalue weighted by Crippen LogP contribution is -2.17. The highest BCUT2D eigenvalue weighted by Gasteiger charge is 2.28. The lowest BCUT2D eigenvalue weighted by atomic mass is 10.3. The monoisotopic (exact) mass is 247 g/mol. The quantitative estimate of drug-likeness (QED) is 0.805. The van der Waals surface area contributed by atoms with E-state index >= 15 is 0 Å². The van der Waals surface area contributed by atoms with E-state index in [1.807, 2.05) is 0 Å². The highest BCUT2D eigenvalue weighted by Crippen LogP contribution is 2.25. The van der Waals surface area contributed by atoms with Gasteiger partial charge in [0.2, 0.25) is 0 Å². The number of hydrogen-bond donors (Lipinski definition) is 1. The second-order valence-corrected chi connectivity index (χ2v) is 5.27. The first kappa shape index (κ1) is 11.5. The molecule has 6 heteroatoms. The van der Waals surface area contributed by atoms with Gasteiger partial charge in [0.1, 0.15) is 16.5 Å².